The second-order valence-electron chi connectivity index (χ2n) is 1.93. The van der Waals surface area contributed by atoms with Gasteiger partial charge in [-0.05, 0) is 0 Å². The fourth-order valence-electron chi connectivity index (χ4n) is 0.248. The highest BCUT2D eigenvalue weighted by atomic mass is 32.1. The highest BCUT2D eigenvalue weighted by Gasteiger charge is 1.90. The predicted molar refractivity (Wildman–Crippen MR) is 37.9 cm³/mol. The van der Waals surface area contributed by atoms with E-state index in [0.717, 1.165) is 12.2 Å². The van der Waals surface area contributed by atoms with Crippen molar-refractivity contribution < 1.29 is 0 Å². The standard InChI is InChI=1S/C5H10BS/c1-5(2)4-6-7-3/h3,5H,4H2,1-2H3. The molecule has 0 aromatic carbocycles. The summed E-state index contributed by atoms with van der Waals surface area (Å²) in [6, 6.07) is 0. The Morgan fingerprint density at radius 1 is 1.71 bits per heavy atom. The van der Waals surface area contributed by atoms with E-state index >= 15 is 0 Å². The van der Waals surface area contributed by atoms with E-state index in [9.17, 15) is 0 Å². The van der Waals surface area contributed by atoms with E-state index in [1.807, 2.05) is 6.56 Å². The fourth-order valence-corrected chi connectivity index (χ4v) is 0.744. The zero-order chi connectivity index (χ0) is 5.70. The Kier molecular flexibility index (Phi) is 4.27. The molecule has 0 aliphatic carbocycles. The molecular formula is C5H10BS. The van der Waals surface area contributed by atoms with E-state index in [-0.39, 0.29) is 0 Å². The molecule has 0 bridgehead atoms. The minimum absolute atomic E-state index is 0.746. The van der Waals surface area contributed by atoms with Crippen molar-refractivity contribution in [2.75, 3.05) is 0 Å². The second-order valence-corrected chi connectivity index (χ2v) is 2.54. The summed E-state index contributed by atoms with van der Waals surface area (Å²) in [4.78, 5) is 0. The van der Waals surface area contributed by atoms with Crippen LogP contribution < -0.4 is 0 Å². The summed E-state index contributed by atoms with van der Waals surface area (Å²) in [5.41, 5.74) is 5.14. The van der Waals surface area contributed by atoms with Gasteiger partial charge in [-0.25, -0.2) is 11.0 Å². The molecule has 0 nitrogen and oxygen atoms in total. The van der Waals surface area contributed by atoms with Crippen LogP contribution in [0.5, 0.6) is 0 Å². The lowest BCUT2D eigenvalue weighted by atomic mass is 9.93. The van der Waals surface area contributed by atoms with Crippen molar-refractivity contribution in [2.45, 2.75) is 20.2 Å². The molecule has 39 valence electrons. The van der Waals surface area contributed by atoms with Crippen LogP contribution in [0.15, 0.2) is 0 Å². The van der Waals surface area contributed by atoms with Crippen molar-refractivity contribution in [1.82, 2.24) is 0 Å². The zero-order valence-electron chi connectivity index (χ0n) is 4.85. The Labute approximate surface area is 50.0 Å². The van der Waals surface area contributed by atoms with Gasteiger partial charge in [0.05, 0.1) is 0 Å². The monoisotopic (exact) mass is 113 g/mol. The molecule has 0 aromatic heterocycles. The van der Waals surface area contributed by atoms with Gasteiger partial charge >= 0.3 is 0 Å². The smallest absolute Gasteiger partial charge is 0.201 e. The molecule has 0 amide bonds. The van der Waals surface area contributed by atoms with Crippen molar-refractivity contribution >= 4 is 17.6 Å². The van der Waals surface area contributed by atoms with Crippen molar-refractivity contribution in [3.05, 3.63) is 0 Å². The maximum Gasteiger partial charge on any atom is 0.232 e. The predicted octanol–water partition coefficient (Wildman–Crippen LogP) is 2.00. The number of hydrogen-bond donors (Lipinski definition) is 0. The van der Waals surface area contributed by atoms with Gasteiger partial charge in [-0.15, -0.1) is 5.69 Å². The molecule has 0 N–H and O–H groups in total. The summed E-state index contributed by atoms with van der Waals surface area (Å²) < 4.78 is 0. The van der Waals surface area contributed by atoms with Crippen molar-refractivity contribution in [2.24, 2.45) is 5.92 Å². The first-order valence-corrected chi connectivity index (χ1v) is 3.39. The fraction of sp³-hybridized carbons (Fsp3) is 0.800. The topological polar surface area (TPSA) is 0 Å². The van der Waals surface area contributed by atoms with Crippen LogP contribution in [0.3, 0.4) is 0 Å². The lowest BCUT2D eigenvalue weighted by Gasteiger charge is -1.94. The van der Waals surface area contributed by atoms with Crippen LogP contribution in [0.2, 0.25) is 6.32 Å². The first-order chi connectivity index (χ1) is 3.27. The van der Waals surface area contributed by atoms with Crippen LogP contribution in [-0.2, 0) is 0 Å². The first-order valence-electron chi connectivity index (χ1n) is 2.44. The number of rotatable bonds is 2. The molecule has 0 atom stereocenters. The summed E-state index contributed by atoms with van der Waals surface area (Å²) >= 11 is 1.30. The van der Waals surface area contributed by atoms with E-state index in [1.54, 1.807) is 0 Å². The van der Waals surface area contributed by atoms with Gasteiger partial charge in [-0.3, -0.25) is 0 Å². The van der Waals surface area contributed by atoms with E-state index in [4.69, 9.17) is 5.69 Å². The maximum atomic E-state index is 5.14. The Morgan fingerprint density at radius 3 is 2.43 bits per heavy atom. The van der Waals surface area contributed by atoms with Gasteiger partial charge in [0.2, 0.25) is 6.56 Å². The van der Waals surface area contributed by atoms with Crippen LogP contribution in [0.25, 0.3) is 0 Å². The van der Waals surface area contributed by atoms with Crippen LogP contribution >= 0.6 is 11.0 Å². The number of hydrogen-bond acceptors (Lipinski definition) is 0. The highest BCUT2D eigenvalue weighted by Crippen LogP contribution is 1.99. The molecular weight excluding hydrogens is 103 g/mol. The van der Waals surface area contributed by atoms with E-state index in [0.29, 0.717) is 0 Å². The molecule has 0 saturated heterocycles. The van der Waals surface area contributed by atoms with E-state index < -0.39 is 0 Å². The summed E-state index contributed by atoms with van der Waals surface area (Å²) in [6.45, 7) is 6.37. The molecule has 1 radical (unpaired) electrons. The Morgan fingerprint density at radius 2 is 2.29 bits per heavy atom. The van der Waals surface area contributed by atoms with Gasteiger partial charge in [0.1, 0.15) is 0 Å². The Balaban J connectivity index is 2.86. The minimum Gasteiger partial charge on any atom is -0.201 e. The van der Waals surface area contributed by atoms with Gasteiger partial charge in [0, 0.05) is 0 Å². The molecule has 0 rings (SSSR count). The lowest BCUT2D eigenvalue weighted by molar-refractivity contribution is 0.734. The van der Waals surface area contributed by atoms with Gasteiger partial charge in [0.25, 0.3) is 0 Å². The quantitative estimate of drug-likeness (QED) is 0.480. The Bertz CT molecular complexity index is 72.6. The average molecular weight is 113 g/mol. The van der Waals surface area contributed by atoms with E-state index in [2.05, 4.69) is 13.8 Å². The van der Waals surface area contributed by atoms with Crippen LogP contribution in [0, 0.1) is 11.6 Å². The van der Waals surface area contributed by atoms with Crippen molar-refractivity contribution in [3.8, 4) is 5.69 Å². The zero-order valence-corrected chi connectivity index (χ0v) is 5.66. The lowest BCUT2D eigenvalue weighted by Crippen LogP contribution is -1.87. The molecule has 0 saturated carbocycles. The summed E-state index contributed by atoms with van der Waals surface area (Å²) in [5.74, 6) is 0.746. The van der Waals surface area contributed by atoms with Gasteiger partial charge in [-0.1, -0.05) is 26.1 Å². The normalized spacial score (nSPS) is 8.86. The minimum atomic E-state index is 0.746. The van der Waals surface area contributed by atoms with Gasteiger partial charge in [0.15, 0.2) is 0 Å². The molecule has 7 heavy (non-hydrogen) atoms. The second kappa shape index (κ2) is 4.23. The Hall–Kier alpha value is 0.0649. The molecule has 0 unspecified atom stereocenters. The molecule has 0 spiro atoms. The summed E-state index contributed by atoms with van der Waals surface area (Å²) in [6.07, 6.45) is 1.11. The molecule has 0 heterocycles. The third kappa shape index (κ3) is 6.06. The summed E-state index contributed by atoms with van der Waals surface area (Å²) in [5, 5.41) is 0. The average Bonchev–Trinajstić information content (AvgIpc) is 1.61. The van der Waals surface area contributed by atoms with Crippen molar-refractivity contribution in [3.63, 3.8) is 0 Å². The SMILES string of the molecule is C#S[B]CC(C)C. The maximum absolute atomic E-state index is 5.14. The van der Waals surface area contributed by atoms with Gasteiger partial charge < -0.3 is 0 Å². The van der Waals surface area contributed by atoms with Crippen molar-refractivity contribution in [1.29, 1.82) is 0 Å². The molecule has 0 aliphatic heterocycles. The first kappa shape index (κ1) is 7.06. The molecule has 2 heteroatoms. The summed E-state index contributed by atoms with van der Waals surface area (Å²) in [7, 11) is 0. The largest absolute Gasteiger partial charge is 0.232 e. The van der Waals surface area contributed by atoms with Crippen LogP contribution in [0.4, 0.5) is 0 Å². The van der Waals surface area contributed by atoms with Gasteiger partial charge in [-0.2, -0.15) is 0 Å². The van der Waals surface area contributed by atoms with Crippen LogP contribution in [-0.4, -0.2) is 6.56 Å². The molecule has 0 aromatic rings. The van der Waals surface area contributed by atoms with Crippen LogP contribution in [0.1, 0.15) is 13.8 Å². The van der Waals surface area contributed by atoms with E-state index in [1.165, 1.54) is 11.0 Å². The third-order valence-corrected chi connectivity index (χ3v) is 1.05. The molecule has 0 aliphatic rings. The third-order valence-electron chi connectivity index (χ3n) is 0.664. The molecule has 0 fully saturated rings. The highest BCUT2D eigenvalue weighted by molar-refractivity contribution is 8.13.